The molecule has 1 aromatic carbocycles. The zero-order valence-electron chi connectivity index (χ0n) is 16.7. The summed E-state index contributed by atoms with van der Waals surface area (Å²) in [5.41, 5.74) is 1.22. The molecule has 27 heavy (non-hydrogen) atoms. The minimum absolute atomic E-state index is 0.149. The number of hydrogen-bond acceptors (Lipinski definition) is 4. The number of unbranched alkanes of at least 4 members (excludes halogenated alkanes) is 1. The van der Waals surface area contributed by atoms with Gasteiger partial charge in [0.15, 0.2) is 5.96 Å². The molecule has 1 N–H and O–H groups in total. The fourth-order valence-electron chi connectivity index (χ4n) is 3.17. The third-order valence-corrected chi connectivity index (χ3v) is 4.66. The van der Waals surface area contributed by atoms with Gasteiger partial charge in [0.2, 0.25) is 0 Å². The van der Waals surface area contributed by atoms with Crippen molar-refractivity contribution < 1.29 is 14.3 Å². The Morgan fingerprint density at radius 2 is 2.11 bits per heavy atom. The third-order valence-electron chi connectivity index (χ3n) is 4.66. The summed E-state index contributed by atoms with van der Waals surface area (Å²) in [6.07, 6.45) is 3.29. The van der Waals surface area contributed by atoms with Crippen LogP contribution >= 0.6 is 0 Å². The quantitative estimate of drug-likeness (QED) is 0.295. The van der Waals surface area contributed by atoms with Crippen LogP contribution in [0.15, 0.2) is 35.3 Å². The largest absolute Gasteiger partial charge is 0.469 e. The van der Waals surface area contributed by atoms with E-state index in [0.29, 0.717) is 18.9 Å². The number of methoxy groups -OCH3 is 1. The first-order chi connectivity index (χ1) is 13.2. The minimum atomic E-state index is -0.149. The number of nitrogens with one attached hydrogen (secondary N) is 1. The number of hydrogen-bond donors (Lipinski definition) is 1. The molecule has 6 heteroatoms. The Labute approximate surface area is 162 Å². The smallest absolute Gasteiger partial charge is 0.305 e. The van der Waals surface area contributed by atoms with Gasteiger partial charge in [-0.1, -0.05) is 30.3 Å². The van der Waals surface area contributed by atoms with Crippen molar-refractivity contribution in [2.45, 2.75) is 39.2 Å². The van der Waals surface area contributed by atoms with Gasteiger partial charge in [-0.15, -0.1) is 0 Å². The van der Waals surface area contributed by atoms with E-state index < -0.39 is 0 Å². The Kier molecular flexibility index (Phi) is 9.69. The SMILES string of the molecule is CCNC(=NCCCCC(=O)OC)N1CCC(COCc2ccccc2)C1. The van der Waals surface area contributed by atoms with Crippen LogP contribution in [0.5, 0.6) is 0 Å². The topological polar surface area (TPSA) is 63.2 Å². The summed E-state index contributed by atoms with van der Waals surface area (Å²) in [4.78, 5) is 18.2. The van der Waals surface area contributed by atoms with Crippen molar-refractivity contribution in [3.63, 3.8) is 0 Å². The molecule has 1 saturated heterocycles. The standard InChI is InChI=1S/C21H33N3O3/c1-3-22-21(23-13-8-7-11-20(25)26-2)24-14-12-19(15-24)17-27-16-18-9-5-4-6-10-18/h4-6,9-10,19H,3,7-8,11-17H2,1-2H3,(H,22,23). The summed E-state index contributed by atoms with van der Waals surface area (Å²) in [6.45, 7) is 7.10. The second kappa shape index (κ2) is 12.3. The highest BCUT2D eigenvalue weighted by atomic mass is 16.5. The number of benzene rings is 1. The first-order valence-electron chi connectivity index (χ1n) is 9.94. The molecule has 6 nitrogen and oxygen atoms in total. The van der Waals surface area contributed by atoms with Gasteiger partial charge in [-0.3, -0.25) is 9.79 Å². The van der Waals surface area contributed by atoms with Crippen LogP contribution in [-0.2, 0) is 20.9 Å². The minimum Gasteiger partial charge on any atom is -0.469 e. The molecule has 0 radical (unpaired) electrons. The van der Waals surface area contributed by atoms with Gasteiger partial charge >= 0.3 is 5.97 Å². The molecule has 1 heterocycles. The van der Waals surface area contributed by atoms with Gasteiger partial charge < -0.3 is 19.7 Å². The predicted octanol–water partition coefficient (Wildman–Crippen LogP) is 2.83. The second-order valence-electron chi connectivity index (χ2n) is 6.87. The van der Waals surface area contributed by atoms with Gasteiger partial charge in [0.25, 0.3) is 0 Å². The highest BCUT2D eigenvalue weighted by Gasteiger charge is 2.24. The highest BCUT2D eigenvalue weighted by Crippen LogP contribution is 2.17. The van der Waals surface area contributed by atoms with Crippen molar-refractivity contribution in [2.24, 2.45) is 10.9 Å². The molecule has 1 aliphatic heterocycles. The molecule has 150 valence electrons. The Morgan fingerprint density at radius 1 is 1.30 bits per heavy atom. The van der Waals surface area contributed by atoms with Crippen molar-refractivity contribution in [1.82, 2.24) is 10.2 Å². The van der Waals surface area contributed by atoms with Gasteiger partial charge in [0.05, 0.1) is 20.3 Å². The lowest BCUT2D eigenvalue weighted by Gasteiger charge is -2.21. The average Bonchev–Trinajstić information content (AvgIpc) is 3.16. The van der Waals surface area contributed by atoms with Crippen LogP contribution in [0.2, 0.25) is 0 Å². The van der Waals surface area contributed by atoms with E-state index >= 15 is 0 Å². The van der Waals surface area contributed by atoms with Crippen LogP contribution in [0.1, 0.15) is 38.2 Å². The van der Waals surface area contributed by atoms with Crippen LogP contribution in [0.3, 0.4) is 0 Å². The van der Waals surface area contributed by atoms with Crippen molar-refractivity contribution >= 4 is 11.9 Å². The Balaban J connectivity index is 1.70. The number of ether oxygens (including phenoxy) is 2. The van der Waals surface area contributed by atoms with E-state index in [1.165, 1.54) is 12.7 Å². The maximum absolute atomic E-state index is 11.1. The fourth-order valence-corrected chi connectivity index (χ4v) is 3.17. The maximum Gasteiger partial charge on any atom is 0.305 e. The summed E-state index contributed by atoms with van der Waals surface area (Å²) < 4.78 is 10.6. The molecule has 1 aromatic rings. The van der Waals surface area contributed by atoms with E-state index in [-0.39, 0.29) is 5.97 Å². The highest BCUT2D eigenvalue weighted by molar-refractivity contribution is 5.80. The number of rotatable bonds is 10. The number of carbonyl (C=O) groups excluding carboxylic acids is 1. The lowest BCUT2D eigenvalue weighted by Crippen LogP contribution is -2.40. The van der Waals surface area contributed by atoms with Crippen LogP contribution in [-0.4, -0.2) is 56.7 Å². The molecule has 2 rings (SSSR count). The van der Waals surface area contributed by atoms with Gasteiger partial charge in [0, 0.05) is 38.5 Å². The van der Waals surface area contributed by atoms with E-state index in [1.807, 2.05) is 18.2 Å². The number of aliphatic imine (C=N–C) groups is 1. The Morgan fingerprint density at radius 3 is 2.85 bits per heavy atom. The fraction of sp³-hybridized carbons (Fsp3) is 0.619. The molecule has 0 aliphatic carbocycles. The van der Waals surface area contributed by atoms with Crippen molar-refractivity contribution in [3.05, 3.63) is 35.9 Å². The first kappa shape index (κ1) is 21.2. The van der Waals surface area contributed by atoms with Crippen molar-refractivity contribution in [2.75, 3.05) is 39.9 Å². The summed E-state index contributed by atoms with van der Waals surface area (Å²) in [5.74, 6) is 1.36. The zero-order valence-corrected chi connectivity index (χ0v) is 16.7. The lowest BCUT2D eigenvalue weighted by atomic mass is 10.1. The molecule has 0 amide bonds. The molecule has 0 aromatic heterocycles. The number of carbonyl (C=O) groups is 1. The van der Waals surface area contributed by atoms with Crippen LogP contribution < -0.4 is 5.32 Å². The van der Waals surface area contributed by atoms with Crippen LogP contribution in [0.25, 0.3) is 0 Å². The summed E-state index contributed by atoms with van der Waals surface area (Å²) in [6, 6.07) is 10.3. The summed E-state index contributed by atoms with van der Waals surface area (Å²) in [7, 11) is 1.43. The molecule has 0 bridgehead atoms. The summed E-state index contributed by atoms with van der Waals surface area (Å²) >= 11 is 0. The van der Waals surface area contributed by atoms with E-state index in [9.17, 15) is 4.79 Å². The Bertz CT molecular complexity index is 577. The van der Waals surface area contributed by atoms with Gasteiger partial charge in [-0.25, -0.2) is 0 Å². The number of nitrogens with zero attached hydrogens (tertiary/aromatic N) is 2. The van der Waals surface area contributed by atoms with E-state index in [0.717, 1.165) is 58.0 Å². The van der Waals surface area contributed by atoms with Crippen molar-refractivity contribution in [1.29, 1.82) is 0 Å². The van der Waals surface area contributed by atoms with E-state index in [4.69, 9.17) is 9.73 Å². The molecule has 1 fully saturated rings. The molecule has 1 aliphatic rings. The lowest BCUT2D eigenvalue weighted by molar-refractivity contribution is -0.140. The zero-order chi connectivity index (χ0) is 19.3. The number of esters is 1. The summed E-state index contributed by atoms with van der Waals surface area (Å²) in [5, 5.41) is 3.38. The van der Waals surface area contributed by atoms with Crippen LogP contribution in [0, 0.1) is 5.92 Å². The molecular formula is C21H33N3O3. The normalized spacial score (nSPS) is 17.2. The van der Waals surface area contributed by atoms with Gasteiger partial charge in [-0.2, -0.15) is 0 Å². The predicted molar refractivity (Wildman–Crippen MR) is 108 cm³/mol. The van der Waals surface area contributed by atoms with Gasteiger partial charge in [-0.05, 0) is 31.7 Å². The molecular weight excluding hydrogens is 342 g/mol. The number of guanidine groups is 1. The molecule has 1 unspecified atom stereocenters. The van der Waals surface area contributed by atoms with E-state index in [2.05, 4.69) is 34.0 Å². The second-order valence-corrected chi connectivity index (χ2v) is 6.87. The van der Waals surface area contributed by atoms with Crippen LogP contribution in [0.4, 0.5) is 0 Å². The first-order valence-corrected chi connectivity index (χ1v) is 9.94. The molecule has 0 spiro atoms. The van der Waals surface area contributed by atoms with Gasteiger partial charge in [0.1, 0.15) is 0 Å². The molecule has 1 atom stereocenters. The maximum atomic E-state index is 11.1. The van der Waals surface area contributed by atoms with Crippen molar-refractivity contribution in [3.8, 4) is 0 Å². The number of likely N-dealkylation sites (tertiary alicyclic amines) is 1. The Hall–Kier alpha value is -2.08. The molecule has 0 saturated carbocycles. The monoisotopic (exact) mass is 375 g/mol. The van der Waals surface area contributed by atoms with E-state index in [1.54, 1.807) is 0 Å². The average molecular weight is 376 g/mol. The third kappa shape index (κ3) is 7.99.